The molecule has 0 radical (unpaired) electrons. The average Bonchev–Trinajstić information content (AvgIpc) is 3.74. The third-order valence-electron chi connectivity index (χ3n) is 10.6. The predicted octanol–water partition coefficient (Wildman–Crippen LogP) is 1.41. The van der Waals surface area contributed by atoms with Crippen LogP contribution in [0.2, 0.25) is 0 Å². The van der Waals surface area contributed by atoms with E-state index >= 15 is 0 Å². The molecule has 10 nitrogen and oxygen atoms in total. The number of aromatic nitrogens is 2. The Morgan fingerprint density at radius 2 is 1.77 bits per heavy atom. The van der Waals surface area contributed by atoms with Crippen molar-refractivity contribution in [3.8, 4) is 0 Å². The summed E-state index contributed by atoms with van der Waals surface area (Å²) in [5.74, 6) is 2.29. The molecule has 4 atom stereocenters. The number of amides is 3. The molecule has 5 fully saturated rings. The quantitative estimate of drug-likeness (QED) is 0.625. The van der Waals surface area contributed by atoms with Crippen molar-refractivity contribution in [2.24, 2.45) is 11.8 Å². The Morgan fingerprint density at radius 1 is 1.02 bits per heavy atom. The van der Waals surface area contributed by atoms with Crippen molar-refractivity contribution in [1.29, 1.82) is 0 Å². The number of benzene rings is 1. The van der Waals surface area contributed by atoms with Crippen molar-refractivity contribution in [1.82, 2.24) is 24.9 Å². The van der Waals surface area contributed by atoms with Crippen molar-refractivity contribution < 1.29 is 19.1 Å². The van der Waals surface area contributed by atoms with Crippen LogP contribution in [0.25, 0.3) is 0 Å². The molecule has 3 unspecified atom stereocenters. The first kappa shape index (κ1) is 24.4. The van der Waals surface area contributed by atoms with Gasteiger partial charge in [-0.2, -0.15) is 5.10 Å². The van der Waals surface area contributed by atoms with Crippen LogP contribution >= 0.6 is 0 Å². The minimum Gasteiger partial charge on any atom is -0.368 e. The fraction of sp³-hybridized carbons (Fsp3) is 0.600. The first-order valence-electron chi connectivity index (χ1n) is 14.7. The smallest absolute Gasteiger partial charge is 0.274 e. The van der Waals surface area contributed by atoms with E-state index in [1.54, 1.807) is 0 Å². The highest BCUT2D eigenvalue weighted by atomic mass is 16.5. The number of piperidine rings is 1. The molecular formula is C30H36N6O4. The lowest BCUT2D eigenvalue weighted by Gasteiger charge is -2.43. The lowest BCUT2D eigenvalue weighted by Crippen LogP contribution is -2.58. The maximum absolute atomic E-state index is 13.7. The standard InChI is InChI=1S/C30H36N6O4/c1-17-4-3-5-19(18(17)2)33-10-12-34(13-11-33)21(38)14-36-28-25-22-23(25)24(22)26(28)27(32-36)29(39)35-8-6-30(7-9-35)16-31-20(37)15-40-30/h3-5,22-25H,6-16H2,1-2H3,(H,31,37)/t22-,23?,24?,25?/m0/s1. The molecule has 7 aliphatic rings. The van der Waals surface area contributed by atoms with Crippen molar-refractivity contribution in [2.45, 2.75) is 50.7 Å². The second-order valence-electron chi connectivity index (χ2n) is 12.6. The average molecular weight is 545 g/mol. The molecule has 3 saturated heterocycles. The Morgan fingerprint density at radius 3 is 2.48 bits per heavy atom. The van der Waals surface area contributed by atoms with Crippen LogP contribution in [0.3, 0.4) is 0 Å². The summed E-state index contributed by atoms with van der Waals surface area (Å²) >= 11 is 0. The summed E-state index contributed by atoms with van der Waals surface area (Å²) in [6.07, 6.45) is 1.40. The maximum atomic E-state index is 13.7. The molecule has 2 saturated carbocycles. The van der Waals surface area contributed by atoms with Gasteiger partial charge in [-0.25, -0.2) is 0 Å². The molecule has 2 aromatic rings. The first-order valence-corrected chi connectivity index (χ1v) is 14.7. The monoisotopic (exact) mass is 544 g/mol. The number of likely N-dealkylation sites (tertiary alicyclic amines) is 1. The number of hydrogen-bond acceptors (Lipinski definition) is 6. The number of aryl methyl sites for hydroxylation is 1. The Labute approximate surface area is 233 Å². The topological polar surface area (TPSA) is 100 Å². The van der Waals surface area contributed by atoms with E-state index in [9.17, 15) is 14.4 Å². The van der Waals surface area contributed by atoms with Gasteiger partial charge < -0.3 is 24.8 Å². The third kappa shape index (κ3) is 3.57. The molecule has 40 heavy (non-hydrogen) atoms. The van der Waals surface area contributed by atoms with Crippen molar-refractivity contribution in [2.75, 3.05) is 57.3 Å². The van der Waals surface area contributed by atoms with Gasteiger partial charge in [0.05, 0.1) is 5.60 Å². The van der Waals surface area contributed by atoms with Crippen LogP contribution < -0.4 is 10.2 Å². The summed E-state index contributed by atoms with van der Waals surface area (Å²) in [5.41, 5.74) is 6.31. The normalized spacial score (nSPS) is 29.2. The minimum absolute atomic E-state index is 0.0220. The van der Waals surface area contributed by atoms with Crippen LogP contribution in [0, 0.1) is 25.7 Å². The van der Waals surface area contributed by atoms with Crippen LogP contribution in [-0.4, -0.2) is 95.3 Å². The van der Waals surface area contributed by atoms with Gasteiger partial charge in [0.2, 0.25) is 11.8 Å². The summed E-state index contributed by atoms with van der Waals surface area (Å²) in [6.45, 7) is 9.29. The highest BCUT2D eigenvalue weighted by Crippen LogP contribution is 2.88. The van der Waals surface area contributed by atoms with E-state index in [1.165, 1.54) is 16.8 Å². The predicted molar refractivity (Wildman–Crippen MR) is 146 cm³/mol. The van der Waals surface area contributed by atoms with Gasteiger partial charge in [0.25, 0.3) is 5.91 Å². The molecule has 1 aromatic heterocycles. The Balaban J connectivity index is 0.946. The number of nitrogens with one attached hydrogen (secondary N) is 1. The number of ether oxygens (including phenoxy) is 1. The highest BCUT2D eigenvalue weighted by Gasteiger charge is 2.81. The fourth-order valence-electron chi connectivity index (χ4n) is 7.89. The van der Waals surface area contributed by atoms with E-state index in [-0.39, 0.29) is 36.5 Å². The molecule has 1 spiro atoms. The van der Waals surface area contributed by atoms with Crippen molar-refractivity contribution >= 4 is 23.4 Å². The second-order valence-corrected chi connectivity index (χ2v) is 12.6. The van der Waals surface area contributed by atoms with Crippen LogP contribution in [0.5, 0.6) is 0 Å². The third-order valence-corrected chi connectivity index (χ3v) is 10.6. The molecule has 1 aromatic carbocycles. The lowest BCUT2D eigenvalue weighted by atomic mass is 9.89. The zero-order valence-electron chi connectivity index (χ0n) is 23.2. The molecule has 210 valence electrons. The molecular weight excluding hydrogens is 508 g/mol. The minimum atomic E-state index is -0.369. The van der Waals surface area contributed by atoms with Gasteiger partial charge in [-0.05, 0) is 61.6 Å². The number of piperazine rings is 1. The first-order chi connectivity index (χ1) is 19.3. The molecule has 2 bridgehead atoms. The van der Waals surface area contributed by atoms with Crippen LogP contribution in [-0.2, 0) is 20.9 Å². The fourth-order valence-corrected chi connectivity index (χ4v) is 7.89. The molecule has 10 heteroatoms. The van der Waals surface area contributed by atoms with E-state index in [4.69, 9.17) is 9.84 Å². The molecule has 9 rings (SSSR count). The van der Waals surface area contributed by atoms with Gasteiger partial charge in [0.15, 0.2) is 5.69 Å². The Hall–Kier alpha value is -3.40. The number of rotatable bonds is 4. The zero-order chi connectivity index (χ0) is 27.3. The SMILES string of the molecule is Cc1cccc(N2CCN(C(=O)Cn3nc(C(=O)N4CCC5(CC4)CNC(=O)CO5)c4c3C3C5C4[C@@H]35)CC2)c1C. The van der Waals surface area contributed by atoms with Gasteiger partial charge in [0.1, 0.15) is 13.2 Å². The lowest BCUT2D eigenvalue weighted by molar-refractivity contribution is -0.149. The van der Waals surface area contributed by atoms with Gasteiger partial charge in [-0.15, -0.1) is 0 Å². The number of hydrogen-bond donors (Lipinski definition) is 1. The number of anilines is 1. The van der Waals surface area contributed by atoms with Gasteiger partial charge in [0, 0.05) is 68.7 Å². The molecule has 4 heterocycles. The van der Waals surface area contributed by atoms with E-state index in [0.717, 1.165) is 24.3 Å². The molecule has 4 aliphatic carbocycles. The Kier molecular flexibility index (Phi) is 5.22. The van der Waals surface area contributed by atoms with E-state index in [1.807, 2.05) is 14.5 Å². The van der Waals surface area contributed by atoms with Gasteiger partial charge >= 0.3 is 0 Å². The second kappa shape index (κ2) is 8.55. The van der Waals surface area contributed by atoms with E-state index in [2.05, 4.69) is 42.3 Å². The van der Waals surface area contributed by atoms with Crippen LogP contribution in [0.4, 0.5) is 5.69 Å². The van der Waals surface area contributed by atoms with Crippen LogP contribution in [0.15, 0.2) is 18.2 Å². The zero-order valence-corrected chi connectivity index (χ0v) is 23.2. The summed E-state index contributed by atoms with van der Waals surface area (Å²) in [4.78, 5) is 44.9. The Bertz CT molecular complexity index is 1410. The number of nitrogens with zero attached hydrogens (tertiary/aromatic N) is 5. The summed E-state index contributed by atoms with van der Waals surface area (Å²) < 4.78 is 7.76. The number of carbonyl (C=O) groups excluding carboxylic acids is 3. The summed E-state index contributed by atoms with van der Waals surface area (Å²) in [6, 6.07) is 6.41. The molecule has 3 amide bonds. The summed E-state index contributed by atoms with van der Waals surface area (Å²) in [5, 5.41) is 7.72. The number of morpholine rings is 1. The largest absolute Gasteiger partial charge is 0.368 e. The molecule has 3 aliphatic heterocycles. The van der Waals surface area contributed by atoms with E-state index in [0.29, 0.717) is 74.9 Å². The van der Waals surface area contributed by atoms with Crippen molar-refractivity contribution in [3.63, 3.8) is 0 Å². The highest BCUT2D eigenvalue weighted by molar-refractivity contribution is 5.96. The van der Waals surface area contributed by atoms with E-state index < -0.39 is 0 Å². The van der Waals surface area contributed by atoms with Crippen molar-refractivity contribution in [3.05, 3.63) is 46.3 Å². The van der Waals surface area contributed by atoms with Gasteiger partial charge in [-0.3, -0.25) is 19.1 Å². The molecule has 1 N–H and O–H groups in total. The maximum Gasteiger partial charge on any atom is 0.274 e. The number of carbonyl (C=O) groups is 3. The summed E-state index contributed by atoms with van der Waals surface area (Å²) in [7, 11) is 0. The van der Waals surface area contributed by atoms with Gasteiger partial charge in [-0.1, -0.05) is 12.1 Å². The van der Waals surface area contributed by atoms with Crippen LogP contribution in [0.1, 0.15) is 57.6 Å².